The van der Waals surface area contributed by atoms with Gasteiger partial charge in [-0.2, -0.15) is 22.5 Å². The SMILES string of the molecule is CCCCCCS.P. The van der Waals surface area contributed by atoms with Crippen molar-refractivity contribution in [3.8, 4) is 0 Å². The monoisotopic (exact) mass is 152 g/mol. The maximum atomic E-state index is 4.09. The van der Waals surface area contributed by atoms with Crippen LogP contribution in [0.5, 0.6) is 0 Å². The summed E-state index contributed by atoms with van der Waals surface area (Å²) < 4.78 is 0. The van der Waals surface area contributed by atoms with E-state index in [0.29, 0.717) is 0 Å². The second-order valence-corrected chi connectivity index (χ2v) is 2.23. The van der Waals surface area contributed by atoms with Gasteiger partial charge < -0.3 is 0 Å². The highest BCUT2D eigenvalue weighted by atomic mass is 32.1. The first-order valence-electron chi connectivity index (χ1n) is 3.02. The Kier molecular flexibility index (Phi) is 15.5. The van der Waals surface area contributed by atoms with Crippen molar-refractivity contribution >= 4 is 22.5 Å². The van der Waals surface area contributed by atoms with Gasteiger partial charge in [0.2, 0.25) is 0 Å². The van der Waals surface area contributed by atoms with Crippen molar-refractivity contribution in [1.29, 1.82) is 0 Å². The first-order valence-corrected chi connectivity index (χ1v) is 3.66. The maximum Gasteiger partial charge on any atom is -0.00979 e. The fourth-order valence-electron chi connectivity index (χ4n) is 0.539. The quantitative estimate of drug-likeness (QED) is 0.357. The van der Waals surface area contributed by atoms with Gasteiger partial charge >= 0.3 is 0 Å². The number of hydrogen-bond acceptors (Lipinski definition) is 1. The molecular weight excluding hydrogens is 135 g/mol. The van der Waals surface area contributed by atoms with Crippen LogP contribution in [0.1, 0.15) is 32.6 Å². The Morgan fingerprint density at radius 1 is 1.12 bits per heavy atom. The van der Waals surface area contributed by atoms with Gasteiger partial charge in [0.05, 0.1) is 0 Å². The highest BCUT2D eigenvalue weighted by Crippen LogP contribution is 1.98. The predicted octanol–water partition coefficient (Wildman–Crippen LogP) is 2.55. The summed E-state index contributed by atoms with van der Waals surface area (Å²) in [6.07, 6.45) is 5.35. The van der Waals surface area contributed by atoms with Gasteiger partial charge in [0.25, 0.3) is 0 Å². The van der Waals surface area contributed by atoms with Crippen LogP contribution in [0.4, 0.5) is 0 Å². The van der Waals surface area contributed by atoms with Crippen LogP contribution < -0.4 is 0 Å². The molecule has 0 nitrogen and oxygen atoms in total. The highest BCUT2D eigenvalue weighted by molar-refractivity contribution is 7.80. The molecule has 0 aromatic rings. The van der Waals surface area contributed by atoms with Crippen LogP contribution in [0.25, 0.3) is 0 Å². The van der Waals surface area contributed by atoms with Crippen molar-refractivity contribution in [3.05, 3.63) is 0 Å². The third-order valence-corrected chi connectivity index (χ3v) is 1.33. The molecule has 0 aliphatic carbocycles. The molecule has 52 valence electrons. The van der Waals surface area contributed by atoms with Crippen LogP contribution in [0.15, 0.2) is 0 Å². The fraction of sp³-hybridized carbons (Fsp3) is 1.00. The van der Waals surface area contributed by atoms with Gasteiger partial charge in [-0.15, -0.1) is 0 Å². The summed E-state index contributed by atoms with van der Waals surface area (Å²) in [5, 5.41) is 0. The fourth-order valence-corrected chi connectivity index (χ4v) is 0.762. The second-order valence-electron chi connectivity index (χ2n) is 1.78. The van der Waals surface area contributed by atoms with Crippen LogP contribution >= 0.6 is 22.5 Å². The molecule has 0 aromatic heterocycles. The van der Waals surface area contributed by atoms with Gasteiger partial charge in [-0.05, 0) is 12.2 Å². The zero-order valence-electron chi connectivity index (χ0n) is 5.69. The Hall–Kier alpha value is 0.780. The van der Waals surface area contributed by atoms with E-state index in [-0.39, 0.29) is 9.90 Å². The van der Waals surface area contributed by atoms with Crippen LogP contribution in [0, 0.1) is 0 Å². The summed E-state index contributed by atoms with van der Waals surface area (Å²) in [7, 11) is 0. The lowest BCUT2D eigenvalue weighted by molar-refractivity contribution is 0.707. The molecule has 0 heterocycles. The normalized spacial score (nSPS) is 8.25. The van der Waals surface area contributed by atoms with E-state index in [9.17, 15) is 0 Å². The summed E-state index contributed by atoms with van der Waals surface area (Å²) in [6, 6.07) is 0. The molecule has 0 radical (unpaired) electrons. The van der Waals surface area contributed by atoms with Gasteiger partial charge in [-0.25, -0.2) is 0 Å². The second kappa shape index (κ2) is 10.7. The maximum absolute atomic E-state index is 4.09. The molecule has 0 saturated heterocycles. The molecule has 0 aromatic carbocycles. The lowest BCUT2D eigenvalue weighted by Crippen LogP contribution is -1.74. The van der Waals surface area contributed by atoms with E-state index in [0.717, 1.165) is 5.75 Å². The molecule has 0 fully saturated rings. The average molecular weight is 152 g/mol. The summed E-state index contributed by atoms with van der Waals surface area (Å²) in [5.74, 6) is 1.06. The molecular formula is C6H17PS. The lowest BCUT2D eigenvalue weighted by atomic mass is 10.2. The van der Waals surface area contributed by atoms with Gasteiger partial charge in [-0.3, -0.25) is 0 Å². The molecule has 0 saturated carbocycles. The molecule has 8 heavy (non-hydrogen) atoms. The lowest BCUT2D eigenvalue weighted by Gasteiger charge is -1.90. The zero-order valence-corrected chi connectivity index (χ0v) is 8.00. The third-order valence-electron chi connectivity index (χ3n) is 1.01. The van der Waals surface area contributed by atoms with E-state index in [2.05, 4.69) is 19.6 Å². The summed E-state index contributed by atoms with van der Waals surface area (Å²) >= 11 is 4.09. The van der Waals surface area contributed by atoms with Gasteiger partial charge in [0.1, 0.15) is 0 Å². The van der Waals surface area contributed by atoms with E-state index < -0.39 is 0 Å². The van der Waals surface area contributed by atoms with Crippen molar-refractivity contribution in [2.75, 3.05) is 5.75 Å². The van der Waals surface area contributed by atoms with E-state index >= 15 is 0 Å². The Labute approximate surface area is 61.5 Å². The van der Waals surface area contributed by atoms with E-state index in [1.54, 1.807) is 0 Å². The molecule has 0 N–H and O–H groups in total. The molecule has 0 aliphatic heterocycles. The molecule has 0 aliphatic rings. The minimum atomic E-state index is 0. The molecule has 0 rings (SSSR count). The number of hydrogen-bond donors (Lipinski definition) is 1. The van der Waals surface area contributed by atoms with Crippen LogP contribution in [-0.4, -0.2) is 5.75 Å². The summed E-state index contributed by atoms with van der Waals surface area (Å²) in [6.45, 7) is 2.22. The van der Waals surface area contributed by atoms with Crippen molar-refractivity contribution in [3.63, 3.8) is 0 Å². The number of unbranched alkanes of at least 4 members (excludes halogenated alkanes) is 3. The molecule has 0 amide bonds. The molecule has 1 atom stereocenters. The average Bonchev–Trinajstić information content (AvgIpc) is 1.69. The summed E-state index contributed by atoms with van der Waals surface area (Å²) in [4.78, 5) is 0. The molecule has 0 spiro atoms. The van der Waals surface area contributed by atoms with Gasteiger partial charge in [0, 0.05) is 0 Å². The first kappa shape index (κ1) is 11.6. The number of rotatable bonds is 4. The number of thiol groups is 1. The predicted molar refractivity (Wildman–Crippen MR) is 49.1 cm³/mol. The first-order chi connectivity index (χ1) is 3.41. The highest BCUT2D eigenvalue weighted by Gasteiger charge is 1.80. The van der Waals surface area contributed by atoms with Crippen molar-refractivity contribution in [2.24, 2.45) is 0 Å². The minimum Gasteiger partial charge on any atom is -0.179 e. The smallest absolute Gasteiger partial charge is 0.00979 e. The minimum absolute atomic E-state index is 0. The largest absolute Gasteiger partial charge is 0.179 e. The van der Waals surface area contributed by atoms with E-state index in [1.165, 1.54) is 25.7 Å². The Bertz CT molecular complexity index is 27.7. The van der Waals surface area contributed by atoms with Crippen molar-refractivity contribution < 1.29 is 0 Å². The zero-order chi connectivity index (χ0) is 5.54. The standard InChI is InChI=1S/C6H14S.H3P/c1-2-3-4-5-6-7;/h7H,2-6H2,1H3;1H3. The molecule has 2 heteroatoms. The molecule has 1 unspecified atom stereocenters. The van der Waals surface area contributed by atoms with Crippen molar-refractivity contribution in [1.82, 2.24) is 0 Å². The summed E-state index contributed by atoms with van der Waals surface area (Å²) in [5.41, 5.74) is 0. The Morgan fingerprint density at radius 2 is 1.75 bits per heavy atom. The van der Waals surface area contributed by atoms with Crippen LogP contribution in [0.2, 0.25) is 0 Å². The Morgan fingerprint density at radius 3 is 2.12 bits per heavy atom. The molecule has 0 bridgehead atoms. The Balaban J connectivity index is 0. The topological polar surface area (TPSA) is 0 Å². The van der Waals surface area contributed by atoms with E-state index in [1.807, 2.05) is 0 Å². The van der Waals surface area contributed by atoms with Crippen LogP contribution in [0.3, 0.4) is 0 Å². The van der Waals surface area contributed by atoms with Crippen molar-refractivity contribution in [2.45, 2.75) is 32.6 Å². The van der Waals surface area contributed by atoms with Gasteiger partial charge in [-0.1, -0.05) is 26.2 Å². The van der Waals surface area contributed by atoms with Gasteiger partial charge in [0.15, 0.2) is 0 Å². The van der Waals surface area contributed by atoms with Crippen LogP contribution in [-0.2, 0) is 0 Å². The van der Waals surface area contributed by atoms with E-state index in [4.69, 9.17) is 0 Å². The third kappa shape index (κ3) is 9.91.